The number of nitrogens with one attached hydrogen (secondary N) is 2. The summed E-state index contributed by atoms with van der Waals surface area (Å²) < 4.78 is 13.0. The zero-order valence-corrected chi connectivity index (χ0v) is 15.4. The summed E-state index contributed by atoms with van der Waals surface area (Å²) in [6.07, 6.45) is 0.558. The summed E-state index contributed by atoms with van der Waals surface area (Å²) in [6, 6.07) is 7.11. The van der Waals surface area contributed by atoms with E-state index in [0.717, 1.165) is 5.56 Å². The summed E-state index contributed by atoms with van der Waals surface area (Å²) in [4.78, 5) is 26.9. The molecule has 2 unspecified atom stereocenters. The van der Waals surface area contributed by atoms with Crippen LogP contribution in [-0.2, 0) is 11.3 Å². The number of halogens is 1. The van der Waals surface area contributed by atoms with Gasteiger partial charge in [0, 0.05) is 31.2 Å². The third-order valence-electron chi connectivity index (χ3n) is 4.46. The summed E-state index contributed by atoms with van der Waals surface area (Å²) in [5.74, 6) is -0.635. The number of likely N-dealkylation sites (N-methyl/N-ethyl adjacent to an activating group) is 1. The molecule has 0 radical (unpaired) electrons. The summed E-state index contributed by atoms with van der Waals surface area (Å²) in [5.41, 5.74) is 1.58. The molecule has 26 heavy (non-hydrogen) atoms. The van der Waals surface area contributed by atoms with E-state index >= 15 is 0 Å². The van der Waals surface area contributed by atoms with Gasteiger partial charge in [-0.3, -0.25) is 14.5 Å². The van der Waals surface area contributed by atoms with Gasteiger partial charge in [0.2, 0.25) is 5.91 Å². The van der Waals surface area contributed by atoms with Crippen LogP contribution in [0.3, 0.4) is 0 Å². The van der Waals surface area contributed by atoms with Gasteiger partial charge in [-0.1, -0.05) is 0 Å². The molecule has 0 aliphatic carbocycles. The predicted molar refractivity (Wildman–Crippen MR) is 99.5 cm³/mol. The van der Waals surface area contributed by atoms with Crippen LogP contribution in [0.15, 0.2) is 41.1 Å². The molecule has 1 aliphatic rings. The highest BCUT2D eigenvalue weighted by molar-refractivity contribution is 7.07. The molecule has 1 saturated heterocycles. The van der Waals surface area contributed by atoms with E-state index in [2.05, 4.69) is 20.9 Å². The molecule has 2 heterocycles. The first-order valence-electron chi connectivity index (χ1n) is 8.66. The molecule has 2 atom stereocenters. The summed E-state index contributed by atoms with van der Waals surface area (Å²) in [7, 11) is 0. The maximum absolute atomic E-state index is 13.0. The van der Waals surface area contributed by atoms with E-state index in [-0.39, 0.29) is 29.7 Å². The first-order chi connectivity index (χ1) is 12.6. The third kappa shape index (κ3) is 4.47. The molecule has 0 spiro atoms. The first-order valence-corrected chi connectivity index (χ1v) is 9.60. The molecule has 1 aromatic carbocycles. The van der Waals surface area contributed by atoms with Crippen molar-refractivity contribution in [3.05, 3.63) is 58.0 Å². The number of benzene rings is 1. The normalized spacial score (nSPS) is 20.1. The Morgan fingerprint density at radius 2 is 2.04 bits per heavy atom. The first kappa shape index (κ1) is 18.5. The highest BCUT2D eigenvalue weighted by Gasteiger charge is 2.37. The molecule has 5 nitrogen and oxygen atoms in total. The molecule has 1 fully saturated rings. The van der Waals surface area contributed by atoms with Crippen LogP contribution < -0.4 is 10.6 Å². The lowest BCUT2D eigenvalue weighted by molar-refractivity contribution is -0.125. The van der Waals surface area contributed by atoms with Gasteiger partial charge in [0.15, 0.2) is 0 Å². The minimum atomic E-state index is -0.374. The van der Waals surface area contributed by atoms with E-state index in [0.29, 0.717) is 31.6 Å². The minimum absolute atomic E-state index is 0.0127. The Balaban J connectivity index is 1.67. The second-order valence-electron chi connectivity index (χ2n) is 6.38. The van der Waals surface area contributed by atoms with Crippen molar-refractivity contribution in [1.82, 2.24) is 15.5 Å². The zero-order chi connectivity index (χ0) is 18.5. The van der Waals surface area contributed by atoms with Gasteiger partial charge >= 0.3 is 0 Å². The van der Waals surface area contributed by atoms with E-state index in [1.54, 1.807) is 11.3 Å². The molecule has 0 saturated carbocycles. The zero-order valence-electron chi connectivity index (χ0n) is 14.6. The number of rotatable bonds is 6. The molecular formula is C19H22FN3O2S. The molecular weight excluding hydrogens is 353 g/mol. The van der Waals surface area contributed by atoms with Gasteiger partial charge in [-0.25, -0.2) is 4.39 Å². The van der Waals surface area contributed by atoms with Gasteiger partial charge in [0.25, 0.3) is 5.91 Å². The lowest BCUT2D eigenvalue weighted by atomic mass is 10.1. The largest absolute Gasteiger partial charge is 0.355 e. The van der Waals surface area contributed by atoms with Gasteiger partial charge in [-0.05, 0) is 60.0 Å². The van der Waals surface area contributed by atoms with E-state index in [9.17, 15) is 14.0 Å². The van der Waals surface area contributed by atoms with Crippen LogP contribution in [0, 0.1) is 5.82 Å². The highest BCUT2D eigenvalue weighted by Crippen LogP contribution is 2.22. The van der Waals surface area contributed by atoms with Crippen molar-refractivity contribution < 1.29 is 14.0 Å². The van der Waals surface area contributed by atoms with E-state index < -0.39 is 0 Å². The molecule has 1 aromatic heterocycles. The second kappa shape index (κ2) is 8.42. The molecule has 1 aliphatic heterocycles. The number of hydrogen-bond donors (Lipinski definition) is 2. The quantitative estimate of drug-likeness (QED) is 0.815. The average molecular weight is 375 g/mol. The van der Waals surface area contributed by atoms with Crippen molar-refractivity contribution in [3.8, 4) is 0 Å². The van der Waals surface area contributed by atoms with Crippen LogP contribution in [0.2, 0.25) is 0 Å². The maximum atomic E-state index is 13.0. The standard InChI is InChI=1S/C19H22FN3O2S/c1-2-21-19(25)17-9-16(11-23(17)10-13-7-8-26-12-13)22-18(24)14-3-5-15(20)6-4-14/h3-8,12,16-17H,2,9-11H2,1H3,(H,21,25)(H,22,24). The minimum Gasteiger partial charge on any atom is -0.355 e. The molecule has 2 N–H and O–H groups in total. The van der Waals surface area contributed by atoms with Crippen LogP contribution in [-0.4, -0.2) is 41.9 Å². The van der Waals surface area contributed by atoms with Crippen molar-refractivity contribution in [2.75, 3.05) is 13.1 Å². The topological polar surface area (TPSA) is 61.4 Å². The number of carbonyl (C=O) groups excluding carboxylic acids is 2. The fourth-order valence-electron chi connectivity index (χ4n) is 3.23. The van der Waals surface area contributed by atoms with Crippen LogP contribution in [0.5, 0.6) is 0 Å². The number of likely N-dealkylation sites (tertiary alicyclic amines) is 1. The Morgan fingerprint density at radius 1 is 1.27 bits per heavy atom. The molecule has 138 valence electrons. The number of carbonyl (C=O) groups is 2. The van der Waals surface area contributed by atoms with Crippen LogP contribution in [0.25, 0.3) is 0 Å². The molecule has 3 rings (SSSR count). The van der Waals surface area contributed by atoms with Crippen molar-refractivity contribution in [2.24, 2.45) is 0 Å². The van der Waals surface area contributed by atoms with Gasteiger partial charge in [-0.2, -0.15) is 11.3 Å². The van der Waals surface area contributed by atoms with Crippen LogP contribution in [0.1, 0.15) is 29.3 Å². The van der Waals surface area contributed by atoms with Crippen LogP contribution >= 0.6 is 11.3 Å². The Hall–Kier alpha value is -2.25. The van der Waals surface area contributed by atoms with Crippen molar-refractivity contribution in [1.29, 1.82) is 0 Å². The SMILES string of the molecule is CCNC(=O)C1CC(NC(=O)c2ccc(F)cc2)CN1Cc1ccsc1. The van der Waals surface area contributed by atoms with E-state index in [4.69, 9.17) is 0 Å². The third-order valence-corrected chi connectivity index (χ3v) is 5.20. The Bertz CT molecular complexity index is 749. The second-order valence-corrected chi connectivity index (χ2v) is 7.16. The van der Waals surface area contributed by atoms with Gasteiger partial charge in [0.05, 0.1) is 6.04 Å². The molecule has 0 bridgehead atoms. The van der Waals surface area contributed by atoms with Gasteiger partial charge in [0.1, 0.15) is 5.82 Å². The Labute approximate surface area is 156 Å². The average Bonchev–Trinajstić information content (AvgIpc) is 3.26. The molecule has 7 heteroatoms. The number of amides is 2. The Morgan fingerprint density at radius 3 is 2.69 bits per heavy atom. The smallest absolute Gasteiger partial charge is 0.251 e. The highest BCUT2D eigenvalue weighted by atomic mass is 32.1. The number of thiophene rings is 1. The summed E-state index contributed by atoms with van der Waals surface area (Å²) >= 11 is 1.63. The summed E-state index contributed by atoms with van der Waals surface area (Å²) in [6.45, 7) is 3.75. The van der Waals surface area contributed by atoms with Crippen LogP contribution in [0.4, 0.5) is 4.39 Å². The lowest BCUT2D eigenvalue weighted by Gasteiger charge is -2.22. The summed E-state index contributed by atoms with van der Waals surface area (Å²) in [5, 5.41) is 9.93. The van der Waals surface area contributed by atoms with Gasteiger partial charge < -0.3 is 10.6 Å². The predicted octanol–water partition coefficient (Wildman–Crippen LogP) is 2.40. The number of nitrogens with zero attached hydrogens (tertiary/aromatic N) is 1. The fourth-order valence-corrected chi connectivity index (χ4v) is 3.89. The number of hydrogen-bond acceptors (Lipinski definition) is 4. The monoisotopic (exact) mass is 375 g/mol. The maximum Gasteiger partial charge on any atom is 0.251 e. The van der Waals surface area contributed by atoms with Gasteiger partial charge in [-0.15, -0.1) is 0 Å². The Kier molecular flexibility index (Phi) is 6.00. The van der Waals surface area contributed by atoms with E-state index in [1.807, 2.05) is 18.4 Å². The lowest BCUT2D eigenvalue weighted by Crippen LogP contribution is -2.42. The van der Waals surface area contributed by atoms with Crippen molar-refractivity contribution >= 4 is 23.2 Å². The molecule has 2 amide bonds. The van der Waals surface area contributed by atoms with Crippen molar-refractivity contribution in [3.63, 3.8) is 0 Å². The molecule has 2 aromatic rings. The van der Waals surface area contributed by atoms with E-state index in [1.165, 1.54) is 24.3 Å². The van der Waals surface area contributed by atoms with Crippen molar-refractivity contribution in [2.45, 2.75) is 32.0 Å². The fraction of sp³-hybridized carbons (Fsp3) is 0.368.